The minimum absolute atomic E-state index is 0.0381. The van der Waals surface area contributed by atoms with Crippen LogP contribution in [0.1, 0.15) is 16.7 Å². The molecule has 0 saturated heterocycles. The van der Waals surface area contributed by atoms with E-state index in [-0.39, 0.29) is 19.9 Å². The second-order valence-electron chi connectivity index (χ2n) is 10.1. The van der Waals surface area contributed by atoms with Crippen LogP contribution in [0.2, 0.25) is 0 Å². The van der Waals surface area contributed by atoms with Crippen molar-refractivity contribution in [3.63, 3.8) is 0 Å². The minimum atomic E-state index is -4.50. The van der Waals surface area contributed by atoms with E-state index in [9.17, 15) is 14.2 Å². The van der Waals surface area contributed by atoms with Crippen molar-refractivity contribution in [2.24, 2.45) is 0 Å². The van der Waals surface area contributed by atoms with Gasteiger partial charge in [0.25, 0.3) is 0 Å². The van der Waals surface area contributed by atoms with Gasteiger partial charge in [-0.2, -0.15) is 0 Å². The highest BCUT2D eigenvalue weighted by Gasteiger charge is 2.29. The van der Waals surface area contributed by atoms with E-state index in [0.717, 1.165) is 40.6 Å². The molecule has 1 aromatic heterocycles. The van der Waals surface area contributed by atoms with Crippen molar-refractivity contribution in [1.29, 1.82) is 0 Å². The quantitative estimate of drug-likeness (QED) is 0.0699. The highest BCUT2D eigenvalue weighted by molar-refractivity contribution is 7.48. The summed E-state index contributed by atoms with van der Waals surface area (Å²) in [5.74, 6) is 0.617. The maximum atomic E-state index is 13.6. The molecule has 0 amide bonds. The fourth-order valence-corrected chi connectivity index (χ4v) is 5.02. The number of nitrogens with zero attached hydrogens (tertiary/aromatic N) is 2. The van der Waals surface area contributed by atoms with Crippen molar-refractivity contribution in [3.05, 3.63) is 102 Å². The van der Waals surface area contributed by atoms with E-state index in [1.807, 2.05) is 50.6 Å². The van der Waals surface area contributed by atoms with Crippen molar-refractivity contribution < 1.29 is 51.4 Å². The van der Waals surface area contributed by atoms with Crippen LogP contribution in [0, 0.1) is 0 Å². The van der Waals surface area contributed by atoms with E-state index in [2.05, 4.69) is 4.90 Å². The molecule has 4 aromatic rings. The van der Waals surface area contributed by atoms with Gasteiger partial charge in [-0.05, 0) is 49.3 Å². The molecule has 13 nitrogen and oxygen atoms in total. The van der Waals surface area contributed by atoms with E-state index in [0.29, 0.717) is 5.75 Å². The smallest absolute Gasteiger partial charge is 0.497 e. The van der Waals surface area contributed by atoms with Gasteiger partial charge >= 0.3 is 20.1 Å². The monoisotopic (exact) mass is 656 g/mol. The van der Waals surface area contributed by atoms with Crippen molar-refractivity contribution in [2.45, 2.75) is 26.4 Å². The van der Waals surface area contributed by atoms with Gasteiger partial charge in [0, 0.05) is 24.2 Å². The Morgan fingerprint density at radius 1 is 0.761 bits per heavy atom. The summed E-state index contributed by atoms with van der Waals surface area (Å²) in [6, 6.07) is 23.6. The van der Waals surface area contributed by atoms with E-state index >= 15 is 0 Å². The number of likely N-dealkylation sites (N-methyl/N-ethyl adjacent to an activating group) is 1. The van der Waals surface area contributed by atoms with Gasteiger partial charge in [0.15, 0.2) is 0 Å². The van der Waals surface area contributed by atoms with Gasteiger partial charge in [-0.25, -0.2) is 23.2 Å². The van der Waals surface area contributed by atoms with Gasteiger partial charge < -0.3 is 33.2 Å². The molecule has 4 rings (SSSR count). The van der Waals surface area contributed by atoms with Crippen LogP contribution < -0.4 is 4.74 Å². The summed E-state index contributed by atoms with van der Waals surface area (Å²) < 4.78 is 56.7. The summed E-state index contributed by atoms with van der Waals surface area (Å²) >= 11 is 0. The normalized spacial score (nSPS) is 11.4. The van der Waals surface area contributed by atoms with Crippen molar-refractivity contribution in [1.82, 2.24) is 9.47 Å². The number of hydrogen-bond donors (Lipinski definition) is 0. The van der Waals surface area contributed by atoms with E-state index in [1.54, 1.807) is 60.2 Å². The van der Waals surface area contributed by atoms with Gasteiger partial charge in [0.1, 0.15) is 25.7 Å². The maximum absolute atomic E-state index is 13.6. The molecule has 246 valence electrons. The number of aromatic nitrogens is 1. The molecule has 3 aromatic carbocycles. The molecule has 0 unspecified atom stereocenters. The van der Waals surface area contributed by atoms with Gasteiger partial charge in [-0.3, -0.25) is 4.52 Å². The summed E-state index contributed by atoms with van der Waals surface area (Å²) in [6.07, 6.45) is 0.480. The fourth-order valence-electron chi connectivity index (χ4n) is 4.16. The van der Waals surface area contributed by atoms with Crippen LogP contribution in [-0.2, 0) is 63.4 Å². The van der Waals surface area contributed by atoms with Crippen LogP contribution >= 0.6 is 7.82 Å². The molecule has 0 spiro atoms. The van der Waals surface area contributed by atoms with Crippen molar-refractivity contribution in [2.75, 3.05) is 41.3 Å². The third kappa shape index (κ3) is 10.9. The molecule has 0 fully saturated rings. The number of carbonyl (C=O) groups is 2. The molecule has 1 heterocycles. The lowest BCUT2D eigenvalue weighted by molar-refractivity contribution is -0.0441. The Kier molecular flexibility index (Phi) is 13.0. The Labute approximate surface area is 267 Å². The largest absolute Gasteiger partial charge is 0.510 e. The van der Waals surface area contributed by atoms with E-state index in [1.165, 1.54) is 0 Å². The standard InChI is InChI=1S/C32H37N2O11P/c1-33(2)17-16-27-19-34(30-18-28(38-3)14-15-29(27)30)22-43-46(37,44-23-41-31(35)39-20-25-10-6-4-7-11-25)45-24-42-32(36)40-21-26-12-8-5-9-13-26/h4-15,18-19H,16-17,20-24H2,1-3H3. The van der Waals surface area contributed by atoms with Crippen LogP contribution in [-0.4, -0.2) is 63.1 Å². The van der Waals surface area contributed by atoms with Gasteiger partial charge in [0.2, 0.25) is 13.6 Å². The molecule has 0 aliphatic heterocycles. The second-order valence-corrected chi connectivity index (χ2v) is 11.8. The Morgan fingerprint density at radius 2 is 1.33 bits per heavy atom. The highest BCUT2D eigenvalue weighted by atomic mass is 31.2. The summed E-state index contributed by atoms with van der Waals surface area (Å²) in [7, 11) is 1.03. The number of fused-ring (bicyclic) bond motifs is 1. The Balaban J connectivity index is 1.40. The molecular weight excluding hydrogens is 619 g/mol. The lowest BCUT2D eigenvalue weighted by atomic mass is 10.1. The number of phosphoric acid groups is 1. The summed E-state index contributed by atoms with van der Waals surface area (Å²) in [5, 5.41) is 0.955. The molecular formula is C32H37N2O11P. The Hall–Kier alpha value is -4.39. The van der Waals surface area contributed by atoms with Crippen LogP contribution in [0.5, 0.6) is 5.75 Å². The summed E-state index contributed by atoms with van der Waals surface area (Å²) in [6.45, 7) is -1.24. The predicted molar refractivity (Wildman–Crippen MR) is 167 cm³/mol. The molecule has 0 bridgehead atoms. The first-order valence-electron chi connectivity index (χ1n) is 14.3. The molecule has 0 radical (unpaired) electrons. The SMILES string of the molecule is COc1ccc2c(CCN(C)C)cn(COP(=O)(OCOC(=O)OCc3ccccc3)OCOC(=O)OCc3ccccc3)c2c1. The van der Waals surface area contributed by atoms with Crippen LogP contribution in [0.3, 0.4) is 0 Å². The van der Waals surface area contributed by atoms with Crippen LogP contribution in [0.4, 0.5) is 9.59 Å². The minimum Gasteiger partial charge on any atom is -0.497 e. The molecule has 0 aliphatic carbocycles. The Morgan fingerprint density at radius 3 is 1.85 bits per heavy atom. The average molecular weight is 657 g/mol. The number of benzene rings is 3. The fraction of sp³-hybridized carbons (Fsp3) is 0.312. The van der Waals surface area contributed by atoms with Gasteiger partial charge in [-0.1, -0.05) is 60.7 Å². The van der Waals surface area contributed by atoms with Crippen LogP contribution in [0.15, 0.2) is 85.1 Å². The Bertz CT molecular complexity index is 1530. The van der Waals surface area contributed by atoms with Crippen LogP contribution in [0.25, 0.3) is 10.9 Å². The number of hydrogen-bond acceptors (Lipinski definition) is 12. The van der Waals surface area contributed by atoms with Crippen molar-refractivity contribution in [3.8, 4) is 5.75 Å². The number of carbonyl (C=O) groups excluding carboxylic acids is 2. The number of rotatable bonds is 17. The van der Waals surface area contributed by atoms with E-state index in [4.69, 9.17) is 37.3 Å². The first kappa shape index (κ1) is 34.5. The predicted octanol–water partition coefficient (Wildman–Crippen LogP) is 6.49. The highest BCUT2D eigenvalue weighted by Crippen LogP contribution is 2.50. The molecule has 0 atom stereocenters. The third-order valence-corrected chi connectivity index (χ3v) is 7.80. The van der Waals surface area contributed by atoms with E-state index < -0.39 is 33.7 Å². The zero-order valence-corrected chi connectivity index (χ0v) is 26.8. The maximum Gasteiger partial charge on any atom is 0.510 e. The third-order valence-electron chi connectivity index (χ3n) is 6.53. The molecule has 0 saturated carbocycles. The van der Waals surface area contributed by atoms with Crippen molar-refractivity contribution >= 4 is 31.0 Å². The second kappa shape index (κ2) is 17.3. The van der Waals surface area contributed by atoms with Gasteiger partial charge in [-0.15, -0.1) is 0 Å². The molecule has 14 heteroatoms. The summed E-state index contributed by atoms with van der Waals surface area (Å²) in [5.41, 5.74) is 3.27. The first-order chi connectivity index (χ1) is 22.2. The summed E-state index contributed by atoms with van der Waals surface area (Å²) in [4.78, 5) is 26.2. The molecule has 46 heavy (non-hydrogen) atoms. The first-order valence-corrected chi connectivity index (χ1v) is 15.7. The number of phosphoric ester groups is 1. The van der Waals surface area contributed by atoms with Gasteiger partial charge in [0.05, 0.1) is 12.6 Å². The zero-order valence-electron chi connectivity index (χ0n) is 25.9. The zero-order chi connectivity index (χ0) is 32.8. The average Bonchev–Trinajstić information content (AvgIpc) is 3.42. The lowest BCUT2D eigenvalue weighted by Crippen LogP contribution is -2.15. The molecule has 0 aliphatic rings. The topological polar surface area (TPSA) is 133 Å². The lowest BCUT2D eigenvalue weighted by Gasteiger charge is -2.18. The number of ether oxygens (including phenoxy) is 5. The molecule has 0 N–H and O–H groups in total. The number of methoxy groups -OCH3 is 1.